The van der Waals surface area contributed by atoms with Gasteiger partial charge in [0.1, 0.15) is 48.5 Å². The smallest absolute Gasteiger partial charge is 0.343 e. The maximum absolute atomic E-state index is 15.8. The van der Waals surface area contributed by atoms with Crippen molar-refractivity contribution in [1.82, 2.24) is 9.21 Å². The Balaban J connectivity index is 1.00. The van der Waals surface area contributed by atoms with E-state index in [4.69, 9.17) is 18.6 Å². The summed E-state index contributed by atoms with van der Waals surface area (Å²) in [7, 11) is -1.42. The van der Waals surface area contributed by atoms with Gasteiger partial charge in [0.05, 0.1) is 17.3 Å². The molecule has 14 heteroatoms. The number of benzene rings is 3. The first-order valence-corrected chi connectivity index (χ1v) is 22.2. The SMILES string of the molecule is C[SiH](C)OC(C1C[N+]([O-])(c2ccc(OCC3(O)CCN(c4cc5c(cc4F)c(=O)c(C(=O)OCc4ccccc4)cn5C4CC4)CC3)c(F)c2)CO1)C(C)(C)C. The maximum atomic E-state index is 15.8. The number of aromatic nitrogens is 1. The third kappa shape index (κ3) is 8.55. The Labute approximate surface area is 327 Å². The molecule has 0 radical (unpaired) electrons. The van der Waals surface area contributed by atoms with Crippen molar-refractivity contribution in [2.45, 2.75) is 90.0 Å². The molecule has 3 heterocycles. The normalized spacial score (nSPS) is 21.8. The molecule has 300 valence electrons. The van der Waals surface area contributed by atoms with E-state index in [0.717, 1.165) is 18.4 Å². The Kier molecular flexibility index (Phi) is 11.2. The van der Waals surface area contributed by atoms with Gasteiger partial charge in [0.25, 0.3) is 0 Å². The van der Waals surface area contributed by atoms with Crippen molar-refractivity contribution in [2.24, 2.45) is 5.41 Å². The predicted molar refractivity (Wildman–Crippen MR) is 213 cm³/mol. The first-order valence-electron chi connectivity index (χ1n) is 19.4. The van der Waals surface area contributed by atoms with Crippen molar-refractivity contribution in [2.75, 3.05) is 37.9 Å². The summed E-state index contributed by atoms with van der Waals surface area (Å²) in [6.45, 7) is 10.6. The topological polar surface area (TPSA) is 123 Å². The summed E-state index contributed by atoms with van der Waals surface area (Å²) >= 11 is 0. The standard InChI is InChI=1S/C42H51F2N3O8Si/c1-41(2,3)39(55-56(4)5)37-23-47(51,26-54-37)29-13-14-36(33(44)19-29)53-25-42(50)15-17-45(18-16-42)35-21-34-30(20-32(35)43)38(48)31(22-46(34)28-11-12-28)40(49)52-24-27-9-7-6-8-10-27/h6-10,13-14,19-22,28,37,39,50,56H,11-12,15-18,23-26H2,1-5H3. The molecule has 2 aliphatic heterocycles. The summed E-state index contributed by atoms with van der Waals surface area (Å²) in [4.78, 5) is 28.4. The molecule has 3 aliphatic rings. The Hall–Kier alpha value is -4.18. The third-order valence-electron chi connectivity index (χ3n) is 11.0. The van der Waals surface area contributed by atoms with Crippen LogP contribution in [0.25, 0.3) is 10.9 Å². The molecule has 56 heavy (non-hydrogen) atoms. The van der Waals surface area contributed by atoms with Gasteiger partial charge in [-0.1, -0.05) is 51.1 Å². The highest BCUT2D eigenvalue weighted by atomic mass is 28.3. The van der Waals surface area contributed by atoms with Crippen LogP contribution < -0.4 is 19.7 Å². The fourth-order valence-corrected chi connectivity index (χ4v) is 8.87. The van der Waals surface area contributed by atoms with Crippen LogP contribution in [0.2, 0.25) is 13.1 Å². The van der Waals surface area contributed by atoms with Crippen LogP contribution in [0.5, 0.6) is 5.75 Å². The molecular formula is C42H51F2N3O8Si. The van der Waals surface area contributed by atoms with Gasteiger partial charge in [-0.15, -0.1) is 0 Å². The van der Waals surface area contributed by atoms with Crippen LogP contribution in [0.1, 0.15) is 68.4 Å². The first kappa shape index (κ1) is 40.0. The highest BCUT2D eigenvalue weighted by Crippen LogP contribution is 2.40. The summed E-state index contributed by atoms with van der Waals surface area (Å²) in [6.07, 6.45) is 2.98. The molecule has 3 aromatic carbocycles. The number of piperidine rings is 1. The zero-order chi connectivity index (χ0) is 40.0. The van der Waals surface area contributed by atoms with Crippen molar-refractivity contribution >= 4 is 37.3 Å². The number of ether oxygens (including phenoxy) is 3. The van der Waals surface area contributed by atoms with E-state index >= 15 is 8.78 Å². The number of carbonyl (C=O) groups is 1. The van der Waals surface area contributed by atoms with Crippen LogP contribution in [-0.4, -0.2) is 75.5 Å². The second-order valence-corrected chi connectivity index (χ2v) is 19.3. The molecule has 7 rings (SSSR count). The largest absolute Gasteiger partial charge is 0.626 e. The van der Waals surface area contributed by atoms with E-state index in [1.807, 2.05) is 39.8 Å². The molecule has 4 aromatic rings. The van der Waals surface area contributed by atoms with Crippen molar-refractivity contribution < 1.29 is 37.3 Å². The Morgan fingerprint density at radius 3 is 2.43 bits per heavy atom. The molecular weight excluding hydrogens is 741 g/mol. The maximum Gasteiger partial charge on any atom is 0.343 e. The van der Waals surface area contributed by atoms with Crippen molar-refractivity contribution in [1.29, 1.82) is 0 Å². The third-order valence-corrected chi connectivity index (χ3v) is 11.8. The zero-order valence-electron chi connectivity index (χ0n) is 32.6. The summed E-state index contributed by atoms with van der Waals surface area (Å²) in [6, 6.07) is 16.2. The first-order chi connectivity index (χ1) is 26.5. The van der Waals surface area contributed by atoms with Crippen LogP contribution in [0, 0.1) is 22.3 Å². The lowest BCUT2D eigenvalue weighted by Gasteiger charge is -2.39. The number of carbonyl (C=O) groups excluding carboxylic acids is 1. The van der Waals surface area contributed by atoms with Crippen molar-refractivity contribution in [3.8, 4) is 5.75 Å². The molecule has 3 unspecified atom stereocenters. The van der Waals surface area contributed by atoms with Crippen LogP contribution >= 0.6 is 0 Å². The minimum absolute atomic E-state index is 0.00751. The fraction of sp³-hybridized carbons (Fsp3) is 0.476. The number of halogens is 2. The van der Waals surface area contributed by atoms with Gasteiger partial charge >= 0.3 is 5.97 Å². The van der Waals surface area contributed by atoms with Crippen molar-refractivity contribution in [3.05, 3.63) is 105 Å². The predicted octanol–water partition coefficient (Wildman–Crippen LogP) is 6.96. The average molecular weight is 792 g/mol. The summed E-state index contributed by atoms with van der Waals surface area (Å²) < 4.78 is 55.7. The van der Waals surface area contributed by atoms with Gasteiger partial charge in [-0.3, -0.25) is 4.79 Å². The number of hydrogen-bond acceptors (Lipinski definition) is 9. The van der Waals surface area contributed by atoms with Gasteiger partial charge in [0.2, 0.25) is 5.43 Å². The molecule has 2 saturated heterocycles. The van der Waals surface area contributed by atoms with Gasteiger partial charge in [0.15, 0.2) is 27.3 Å². The number of hydroxylamine groups is 2. The molecule has 1 N–H and O–H groups in total. The van der Waals surface area contributed by atoms with E-state index in [2.05, 4.69) is 33.9 Å². The molecule has 1 aliphatic carbocycles. The lowest BCUT2D eigenvalue weighted by atomic mass is 9.86. The molecule has 11 nitrogen and oxygen atoms in total. The van der Waals surface area contributed by atoms with E-state index in [1.165, 1.54) is 30.5 Å². The summed E-state index contributed by atoms with van der Waals surface area (Å²) in [5.41, 5.74) is -0.496. The van der Waals surface area contributed by atoms with E-state index in [0.29, 0.717) is 5.52 Å². The van der Waals surface area contributed by atoms with E-state index in [1.54, 1.807) is 6.07 Å². The van der Waals surface area contributed by atoms with E-state index in [-0.39, 0.29) is 98.1 Å². The molecule has 3 atom stereocenters. The number of aliphatic hydroxyl groups is 1. The van der Waals surface area contributed by atoms with Gasteiger partial charge < -0.3 is 43.1 Å². The molecule has 0 bridgehead atoms. The highest BCUT2D eigenvalue weighted by Gasteiger charge is 2.44. The van der Waals surface area contributed by atoms with Gasteiger partial charge in [-0.25, -0.2) is 13.6 Å². The monoisotopic (exact) mass is 791 g/mol. The molecule has 3 fully saturated rings. The van der Waals surface area contributed by atoms with Crippen LogP contribution in [0.15, 0.2) is 71.7 Å². The Bertz CT molecular complexity index is 2130. The Morgan fingerprint density at radius 1 is 1.07 bits per heavy atom. The zero-order valence-corrected chi connectivity index (χ0v) is 33.8. The number of anilines is 1. The quantitative estimate of drug-likeness (QED) is 0.0703. The van der Waals surface area contributed by atoms with Gasteiger partial charge in [0, 0.05) is 42.8 Å². The van der Waals surface area contributed by atoms with Crippen LogP contribution in [0.3, 0.4) is 0 Å². The van der Waals surface area contributed by atoms with Gasteiger partial charge in [-0.2, -0.15) is 0 Å². The average Bonchev–Trinajstić information content (AvgIpc) is 3.93. The van der Waals surface area contributed by atoms with E-state index in [9.17, 15) is 19.9 Å². The Morgan fingerprint density at radius 2 is 1.79 bits per heavy atom. The van der Waals surface area contributed by atoms with E-state index < -0.39 is 48.4 Å². The van der Waals surface area contributed by atoms with Crippen LogP contribution in [-0.2, 0) is 20.5 Å². The second kappa shape index (κ2) is 15.6. The number of pyridine rings is 1. The molecule has 1 aromatic heterocycles. The minimum atomic E-state index is -1.42. The molecule has 0 amide bonds. The molecule has 0 spiro atoms. The number of fused-ring (bicyclic) bond motifs is 1. The number of rotatable bonds is 12. The van der Waals surface area contributed by atoms with Gasteiger partial charge in [-0.05, 0) is 68.0 Å². The summed E-state index contributed by atoms with van der Waals surface area (Å²) in [5.74, 6) is -2.18. The fourth-order valence-electron chi connectivity index (χ4n) is 7.70. The van der Waals surface area contributed by atoms with Crippen LogP contribution in [0.4, 0.5) is 20.2 Å². The number of hydrogen-bond donors (Lipinski definition) is 1. The second-order valence-electron chi connectivity index (χ2n) is 16.9. The lowest BCUT2D eigenvalue weighted by molar-refractivity contribution is -0.0382. The lowest BCUT2D eigenvalue weighted by Crippen LogP contribution is -2.48. The molecule has 1 saturated carbocycles. The minimum Gasteiger partial charge on any atom is -0.626 e. The number of esters is 1. The van der Waals surface area contributed by atoms with Crippen molar-refractivity contribution in [3.63, 3.8) is 0 Å². The summed E-state index contributed by atoms with van der Waals surface area (Å²) in [5, 5.41) is 25.4. The number of nitrogens with zero attached hydrogens (tertiary/aromatic N) is 3. The number of quaternary nitrogens is 1. The highest BCUT2D eigenvalue weighted by molar-refractivity contribution is 6.48.